The minimum absolute atomic E-state index is 0. The number of carbonyl (C=O) groups excluding carboxylic acids is 1. The smallest absolute Gasteiger partial charge is 0.280 e. The molecule has 1 aliphatic heterocycles. The summed E-state index contributed by atoms with van der Waals surface area (Å²) in [5.74, 6) is -0.313. The van der Waals surface area contributed by atoms with Crippen LogP contribution in [0.4, 0.5) is 5.69 Å². The van der Waals surface area contributed by atoms with Gasteiger partial charge in [0.05, 0.1) is 12.8 Å². The summed E-state index contributed by atoms with van der Waals surface area (Å²) in [4.78, 5) is 13.6. The number of nitrogens with zero attached hydrogens (tertiary/aromatic N) is 1. The molecule has 2 aromatic carbocycles. The first kappa shape index (κ1) is 24.2. The SMILES string of the molecule is COc1ccccc1C1(N)C(=O)N(S(=O)(=O)c2cccs2)c2ccc(C)cc21.Cl.Cl. The van der Waals surface area contributed by atoms with Crippen molar-refractivity contribution < 1.29 is 17.9 Å². The van der Waals surface area contributed by atoms with Crippen LogP contribution in [0.1, 0.15) is 16.7 Å². The molecule has 160 valence electrons. The Morgan fingerprint density at radius 1 is 1.03 bits per heavy atom. The number of hydrogen-bond acceptors (Lipinski definition) is 6. The van der Waals surface area contributed by atoms with Gasteiger partial charge in [0.15, 0.2) is 5.54 Å². The van der Waals surface area contributed by atoms with Crippen molar-refractivity contribution in [2.24, 2.45) is 5.73 Å². The molecule has 2 heterocycles. The fraction of sp³-hybridized carbons (Fsp3) is 0.150. The molecule has 30 heavy (non-hydrogen) atoms. The van der Waals surface area contributed by atoms with Gasteiger partial charge in [0.2, 0.25) is 0 Å². The Labute approximate surface area is 191 Å². The number of amides is 1. The number of aryl methyl sites for hydroxylation is 1. The van der Waals surface area contributed by atoms with Crippen LogP contribution in [0.25, 0.3) is 0 Å². The number of carbonyl (C=O) groups is 1. The molecule has 0 radical (unpaired) electrons. The van der Waals surface area contributed by atoms with Gasteiger partial charge in [-0.25, -0.2) is 0 Å². The van der Waals surface area contributed by atoms with Crippen LogP contribution in [-0.2, 0) is 20.4 Å². The molecule has 1 aliphatic rings. The molecule has 0 fully saturated rings. The van der Waals surface area contributed by atoms with Gasteiger partial charge in [-0.3, -0.25) is 4.79 Å². The quantitative estimate of drug-likeness (QED) is 0.604. The third-order valence-corrected chi connectivity index (χ3v) is 7.91. The molecule has 0 saturated heterocycles. The fourth-order valence-electron chi connectivity index (χ4n) is 3.50. The summed E-state index contributed by atoms with van der Waals surface area (Å²) >= 11 is 1.05. The van der Waals surface area contributed by atoms with Gasteiger partial charge in [0, 0.05) is 11.1 Å². The van der Waals surface area contributed by atoms with Crippen LogP contribution in [0.5, 0.6) is 5.75 Å². The van der Waals surface area contributed by atoms with Crippen LogP contribution in [-0.4, -0.2) is 21.4 Å². The number of fused-ring (bicyclic) bond motifs is 1. The average Bonchev–Trinajstić information content (AvgIpc) is 3.30. The van der Waals surface area contributed by atoms with E-state index in [1.165, 1.54) is 13.2 Å². The van der Waals surface area contributed by atoms with Crippen molar-refractivity contribution in [3.05, 3.63) is 76.7 Å². The third kappa shape index (κ3) is 3.38. The van der Waals surface area contributed by atoms with Crippen molar-refractivity contribution in [3.63, 3.8) is 0 Å². The molecular formula is C20H20Cl2N2O4S2. The molecule has 1 unspecified atom stereocenters. The topological polar surface area (TPSA) is 89.7 Å². The van der Waals surface area contributed by atoms with Gasteiger partial charge in [0.1, 0.15) is 9.96 Å². The van der Waals surface area contributed by atoms with E-state index in [-0.39, 0.29) is 34.7 Å². The highest BCUT2D eigenvalue weighted by molar-refractivity contribution is 7.95. The number of methoxy groups -OCH3 is 1. The Morgan fingerprint density at radius 2 is 1.73 bits per heavy atom. The molecular weight excluding hydrogens is 467 g/mol. The number of benzene rings is 2. The Bertz CT molecular complexity index is 1180. The van der Waals surface area contributed by atoms with Crippen molar-refractivity contribution in [2.75, 3.05) is 11.4 Å². The largest absolute Gasteiger partial charge is 0.496 e. The summed E-state index contributed by atoms with van der Waals surface area (Å²) in [6, 6.07) is 15.1. The lowest BCUT2D eigenvalue weighted by Crippen LogP contribution is -2.49. The van der Waals surface area contributed by atoms with E-state index in [4.69, 9.17) is 10.5 Å². The van der Waals surface area contributed by atoms with Gasteiger partial charge in [-0.2, -0.15) is 12.7 Å². The van der Waals surface area contributed by atoms with Crippen LogP contribution in [0.3, 0.4) is 0 Å². The normalized spacial score (nSPS) is 17.7. The lowest BCUT2D eigenvalue weighted by atomic mass is 9.84. The summed E-state index contributed by atoms with van der Waals surface area (Å²) in [6.45, 7) is 1.86. The second kappa shape index (κ2) is 8.56. The molecule has 0 bridgehead atoms. The highest BCUT2D eigenvalue weighted by Crippen LogP contribution is 2.47. The number of para-hydroxylation sites is 1. The minimum atomic E-state index is -4.09. The van der Waals surface area contributed by atoms with E-state index >= 15 is 0 Å². The molecule has 2 N–H and O–H groups in total. The standard InChI is InChI=1S/C20H18N2O4S2.2ClH/c1-13-9-10-16-15(12-13)20(21,14-6-3-4-7-17(14)26-2)19(23)22(16)28(24,25)18-8-5-11-27-18;;/h3-12H,21H2,1-2H3;2*1H. The van der Waals surface area contributed by atoms with Gasteiger partial charge in [-0.1, -0.05) is 42.0 Å². The maximum Gasteiger partial charge on any atom is 0.280 e. The molecule has 0 aliphatic carbocycles. The molecule has 0 spiro atoms. The Hall–Kier alpha value is -2.10. The van der Waals surface area contributed by atoms with Crippen LogP contribution in [0, 0.1) is 6.92 Å². The number of halogens is 2. The van der Waals surface area contributed by atoms with Crippen molar-refractivity contribution >= 4 is 57.8 Å². The molecule has 1 amide bonds. The maximum absolute atomic E-state index is 13.6. The van der Waals surface area contributed by atoms with Crippen LogP contribution in [0.2, 0.25) is 0 Å². The fourth-order valence-corrected chi connectivity index (χ4v) is 6.03. The molecule has 6 nitrogen and oxygen atoms in total. The lowest BCUT2D eigenvalue weighted by molar-refractivity contribution is -0.120. The molecule has 3 aromatic rings. The van der Waals surface area contributed by atoms with E-state index in [0.29, 0.717) is 16.9 Å². The summed E-state index contributed by atoms with van der Waals surface area (Å²) < 4.78 is 32.8. The molecule has 10 heteroatoms. The van der Waals surface area contributed by atoms with Gasteiger partial charge in [0.25, 0.3) is 15.9 Å². The summed E-state index contributed by atoms with van der Waals surface area (Å²) in [5, 5.41) is 1.65. The predicted octanol–water partition coefficient (Wildman–Crippen LogP) is 3.85. The average molecular weight is 487 g/mol. The van der Waals surface area contributed by atoms with Crippen LogP contribution >= 0.6 is 36.2 Å². The highest BCUT2D eigenvalue weighted by Gasteiger charge is 2.55. The first-order valence-corrected chi connectivity index (χ1v) is 10.8. The number of ether oxygens (including phenoxy) is 1. The number of nitrogens with two attached hydrogens (primary N) is 1. The summed E-state index contributed by atoms with van der Waals surface area (Å²) in [6.07, 6.45) is 0. The number of hydrogen-bond donors (Lipinski definition) is 1. The monoisotopic (exact) mass is 486 g/mol. The zero-order valence-corrected chi connectivity index (χ0v) is 19.3. The minimum Gasteiger partial charge on any atom is -0.496 e. The second-order valence-corrected chi connectivity index (χ2v) is 9.50. The van der Waals surface area contributed by atoms with Gasteiger partial charge >= 0.3 is 0 Å². The zero-order chi connectivity index (χ0) is 20.1. The van der Waals surface area contributed by atoms with Crippen molar-refractivity contribution in [3.8, 4) is 5.75 Å². The van der Waals surface area contributed by atoms with Crippen LogP contribution in [0.15, 0.2) is 64.2 Å². The van der Waals surface area contributed by atoms with E-state index < -0.39 is 21.5 Å². The van der Waals surface area contributed by atoms with Crippen molar-refractivity contribution in [2.45, 2.75) is 16.7 Å². The summed E-state index contributed by atoms with van der Waals surface area (Å²) in [7, 11) is -2.60. The van der Waals surface area contributed by atoms with Gasteiger partial charge in [-0.15, -0.1) is 36.2 Å². The number of thiophene rings is 1. The van der Waals surface area contributed by atoms with E-state index in [1.54, 1.807) is 53.9 Å². The van der Waals surface area contributed by atoms with E-state index in [0.717, 1.165) is 21.2 Å². The maximum atomic E-state index is 13.6. The Kier molecular flexibility index (Phi) is 6.90. The molecule has 0 saturated carbocycles. The van der Waals surface area contributed by atoms with E-state index in [9.17, 15) is 13.2 Å². The molecule has 4 rings (SSSR count). The molecule has 1 aromatic heterocycles. The van der Waals surface area contributed by atoms with Gasteiger partial charge in [-0.05, 0) is 30.5 Å². The Morgan fingerprint density at radius 3 is 2.37 bits per heavy atom. The van der Waals surface area contributed by atoms with E-state index in [1.807, 2.05) is 6.92 Å². The number of sulfonamides is 1. The zero-order valence-electron chi connectivity index (χ0n) is 16.1. The van der Waals surface area contributed by atoms with Gasteiger partial charge < -0.3 is 10.5 Å². The number of rotatable bonds is 4. The molecule has 1 atom stereocenters. The predicted molar refractivity (Wildman–Crippen MR) is 123 cm³/mol. The second-order valence-electron chi connectivity index (χ2n) is 6.54. The lowest BCUT2D eigenvalue weighted by Gasteiger charge is -2.26. The Balaban J connectivity index is 0.00000160. The first-order valence-electron chi connectivity index (χ1n) is 8.48. The van der Waals surface area contributed by atoms with Crippen LogP contribution < -0.4 is 14.8 Å². The van der Waals surface area contributed by atoms with Crippen molar-refractivity contribution in [1.82, 2.24) is 0 Å². The first-order chi connectivity index (χ1) is 13.3. The van der Waals surface area contributed by atoms with E-state index in [2.05, 4.69) is 0 Å². The summed E-state index contributed by atoms with van der Waals surface area (Å²) in [5.41, 5.74) is 6.98. The highest BCUT2D eigenvalue weighted by atomic mass is 35.5. The number of anilines is 1. The third-order valence-electron chi connectivity index (χ3n) is 4.84. The van der Waals surface area contributed by atoms with Crippen molar-refractivity contribution in [1.29, 1.82) is 0 Å².